The second-order valence-corrected chi connectivity index (χ2v) is 4.11. The van der Waals surface area contributed by atoms with Crippen molar-refractivity contribution in [2.75, 3.05) is 0 Å². The molecule has 0 aliphatic rings. The van der Waals surface area contributed by atoms with Crippen LogP contribution in [0.2, 0.25) is 0 Å². The summed E-state index contributed by atoms with van der Waals surface area (Å²) in [5.41, 5.74) is 3.92. The van der Waals surface area contributed by atoms with Gasteiger partial charge >= 0.3 is 6.16 Å². The summed E-state index contributed by atoms with van der Waals surface area (Å²) in [5, 5.41) is 8.78. The minimum atomic E-state index is -1.30. The van der Waals surface area contributed by atoms with E-state index < -0.39 is 6.16 Å². The van der Waals surface area contributed by atoms with Crippen LogP contribution in [0.4, 0.5) is 4.79 Å². The van der Waals surface area contributed by atoms with E-state index in [-0.39, 0.29) is 0 Å². The number of carbonyl (C=O) groups is 1. The Morgan fingerprint density at radius 2 is 1.72 bits per heavy atom. The minimum absolute atomic E-state index is 0.372. The molecular weight excluding hydrogens is 228 g/mol. The summed E-state index contributed by atoms with van der Waals surface area (Å²) in [4.78, 5) is 10.7. The Morgan fingerprint density at radius 1 is 1.06 bits per heavy atom. The maximum absolute atomic E-state index is 10.7. The number of benzene rings is 2. The Morgan fingerprint density at radius 3 is 2.33 bits per heavy atom. The van der Waals surface area contributed by atoms with E-state index in [2.05, 4.69) is 0 Å². The van der Waals surface area contributed by atoms with Crippen LogP contribution in [0.1, 0.15) is 11.1 Å². The van der Waals surface area contributed by atoms with Crippen LogP contribution in [-0.2, 0) is 0 Å². The van der Waals surface area contributed by atoms with E-state index in [1.54, 1.807) is 6.07 Å². The van der Waals surface area contributed by atoms with E-state index in [1.165, 1.54) is 0 Å². The monoisotopic (exact) mass is 242 g/mol. The highest BCUT2D eigenvalue weighted by Gasteiger charge is 2.13. The fourth-order valence-corrected chi connectivity index (χ4v) is 1.93. The van der Waals surface area contributed by atoms with Gasteiger partial charge in [0.15, 0.2) is 0 Å². The Kier molecular flexibility index (Phi) is 3.33. The van der Waals surface area contributed by atoms with Crippen molar-refractivity contribution in [3.63, 3.8) is 0 Å². The summed E-state index contributed by atoms with van der Waals surface area (Å²) in [5.74, 6) is 0.372. The van der Waals surface area contributed by atoms with Crippen LogP contribution in [0.3, 0.4) is 0 Å². The van der Waals surface area contributed by atoms with Gasteiger partial charge in [0, 0.05) is 5.56 Å². The lowest BCUT2D eigenvalue weighted by Gasteiger charge is -2.13. The molecule has 0 aromatic heterocycles. The molecule has 0 saturated heterocycles. The molecule has 2 aromatic carbocycles. The summed E-state index contributed by atoms with van der Waals surface area (Å²) >= 11 is 0. The molecule has 0 unspecified atom stereocenters. The van der Waals surface area contributed by atoms with Gasteiger partial charge in [-0.1, -0.05) is 36.4 Å². The Labute approximate surface area is 106 Å². The SMILES string of the molecule is Cc1ccc(OC(=O)O)c(-c2ccccc2)c1C. The molecule has 0 atom stereocenters. The van der Waals surface area contributed by atoms with Gasteiger partial charge in [0.2, 0.25) is 0 Å². The fraction of sp³-hybridized carbons (Fsp3) is 0.133. The number of hydrogen-bond donors (Lipinski definition) is 1. The predicted octanol–water partition coefficient (Wildman–Crippen LogP) is 4.03. The van der Waals surface area contributed by atoms with Crippen LogP contribution in [0.25, 0.3) is 11.1 Å². The van der Waals surface area contributed by atoms with Gasteiger partial charge in [0.05, 0.1) is 0 Å². The molecule has 1 N–H and O–H groups in total. The molecule has 0 radical (unpaired) electrons. The zero-order chi connectivity index (χ0) is 13.1. The van der Waals surface area contributed by atoms with E-state index in [0.29, 0.717) is 5.75 Å². The van der Waals surface area contributed by atoms with E-state index in [1.807, 2.05) is 50.2 Å². The first-order valence-corrected chi connectivity index (χ1v) is 5.66. The molecule has 3 nitrogen and oxygen atoms in total. The molecule has 0 aliphatic carbocycles. The first kappa shape index (κ1) is 12.2. The van der Waals surface area contributed by atoms with E-state index in [4.69, 9.17) is 9.84 Å². The van der Waals surface area contributed by atoms with Crippen molar-refractivity contribution in [1.82, 2.24) is 0 Å². The summed E-state index contributed by atoms with van der Waals surface area (Å²) in [7, 11) is 0. The normalized spacial score (nSPS) is 10.1. The number of carboxylic acid groups (broad SMARTS) is 1. The van der Waals surface area contributed by atoms with Gasteiger partial charge in [-0.25, -0.2) is 4.79 Å². The van der Waals surface area contributed by atoms with Crippen LogP contribution >= 0.6 is 0 Å². The van der Waals surface area contributed by atoms with Crippen molar-refractivity contribution in [2.45, 2.75) is 13.8 Å². The summed E-state index contributed by atoms with van der Waals surface area (Å²) in [6.45, 7) is 3.96. The molecule has 0 amide bonds. The first-order valence-electron chi connectivity index (χ1n) is 5.66. The summed E-state index contributed by atoms with van der Waals surface area (Å²) in [6, 6.07) is 13.2. The number of rotatable bonds is 2. The van der Waals surface area contributed by atoms with E-state index in [0.717, 1.165) is 22.3 Å². The molecule has 2 rings (SSSR count). The fourth-order valence-electron chi connectivity index (χ4n) is 1.93. The predicted molar refractivity (Wildman–Crippen MR) is 70.0 cm³/mol. The molecule has 0 fully saturated rings. The molecular formula is C15H14O3. The molecule has 18 heavy (non-hydrogen) atoms. The van der Waals surface area contributed by atoms with Crippen molar-refractivity contribution in [3.8, 4) is 16.9 Å². The van der Waals surface area contributed by atoms with Crippen LogP contribution in [0.5, 0.6) is 5.75 Å². The molecule has 92 valence electrons. The Bertz CT molecular complexity index is 574. The first-order chi connectivity index (χ1) is 8.59. The van der Waals surface area contributed by atoms with Crippen molar-refractivity contribution in [2.24, 2.45) is 0 Å². The Balaban J connectivity index is 2.62. The number of ether oxygens (including phenoxy) is 1. The lowest BCUT2D eigenvalue weighted by atomic mass is 9.96. The van der Waals surface area contributed by atoms with Crippen LogP contribution in [0, 0.1) is 13.8 Å². The smallest absolute Gasteiger partial charge is 0.449 e. The molecule has 3 heteroatoms. The van der Waals surface area contributed by atoms with Crippen molar-refractivity contribution >= 4 is 6.16 Å². The second-order valence-electron chi connectivity index (χ2n) is 4.11. The van der Waals surface area contributed by atoms with Gasteiger partial charge in [0.25, 0.3) is 0 Å². The standard InChI is InChI=1S/C15H14O3/c1-10-8-9-13(18-15(16)17)14(11(10)2)12-6-4-3-5-7-12/h3-9H,1-2H3,(H,16,17). The molecule has 0 saturated carbocycles. The van der Waals surface area contributed by atoms with Gasteiger partial charge in [-0.3, -0.25) is 0 Å². The third-order valence-corrected chi connectivity index (χ3v) is 2.96. The molecule has 2 aromatic rings. The van der Waals surface area contributed by atoms with Crippen LogP contribution in [0.15, 0.2) is 42.5 Å². The third-order valence-electron chi connectivity index (χ3n) is 2.96. The molecule has 0 bridgehead atoms. The number of aryl methyl sites for hydroxylation is 1. The van der Waals surface area contributed by atoms with Gasteiger partial charge < -0.3 is 9.84 Å². The number of hydrogen-bond acceptors (Lipinski definition) is 2. The second kappa shape index (κ2) is 4.92. The quantitative estimate of drug-likeness (QED) is 0.639. The van der Waals surface area contributed by atoms with Crippen molar-refractivity contribution in [1.29, 1.82) is 0 Å². The third kappa shape index (κ3) is 2.35. The van der Waals surface area contributed by atoms with E-state index in [9.17, 15) is 4.79 Å². The largest absolute Gasteiger partial charge is 0.511 e. The highest BCUT2D eigenvalue weighted by Crippen LogP contribution is 2.34. The van der Waals surface area contributed by atoms with Crippen molar-refractivity contribution in [3.05, 3.63) is 53.6 Å². The summed E-state index contributed by atoms with van der Waals surface area (Å²) < 4.78 is 4.85. The highest BCUT2D eigenvalue weighted by molar-refractivity contribution is 5.77. The summed E-state index contributed by atoms with van der Waals surface area (Å²) in [6.07, 6.45) is -1.30. The average Bonchev–Trinajstić information content (AvgIpc) is 2.35. The van der Waals surface area contributed by atoms with Gasteiger partial charge in [-0.15, -0.1) is 0 Å². The molecule has 0 aliphatic heterocycles. The van der Waals surface area contributed by atoms with E-state index >= 15 is 0 Å². The van der Waals surface area contributed by atoms with Crippen molar-refractivity contribution < 1.29 is 14.6 Å². The van der Waals surface area contributed by atoms with Crippen LogP contribution < -0.4 is 4.74 Å². The van der Waals surface area contributed by atoms with Gasteiger partial charge in [-0.2, -0.15) is 0 Å². The maximum atomic E-state index is 10.7. The zero-order valence-corrected chi connectivity index (χ0v) is 10.3. The van der Waals surface area contributed by atoms with Gasteiger partial charge in [-0.05, 0) is 36.6 Å². The topological polar surface area (TPSA) is 46.5 Å². The zero-order valence-electron chi connectivity index (χ0n) is 10.3. The average molecular weight is 242 g/mol. The highest BCUT2D eigenvalue weighted by atomic mass is 16.7. The van der Waals surface area contributed by atoms with Crippen LogP contribution in [-0.4, -0.2) is 11.3 Å². The van der Waals surface area contributed by atoms with Gasteiger partial charge in [0.1, 0.15) is 5.75 Å². The molecule has 0 heterocycles. The molecule has 0 spiro atoms. The minimum Gasteiger partial charge on any atom is -0.449 e. The lowest BCUT2D eigenvalue weighted by molar-refractivity contribution is 0.144. The lowest BCUT2D eigenvalue weighted by Crippen LogP contribution is -2.05. The Hall–Kier alpha value is -2.29. The maximum Gasteiger partial charge on any atom is 0.511 e.